The summed E-state index contributed by atoms with van der Waals surface area (Å²) in [6.07, 6.45) is -0.440. The quantitative estimate of drug-likeness (QED) is 0.602. The third-order valence-corrected chi connectivity index (χ3v) is 5.41. The number of hydrogen-bond donors (Lipinski definition) is 1. The first kappa shape index (κ1) is 20.1. The predicted octanol–water partition coefficient (Wildman–Crippen LogP) is 2.39. The Labute approximate surface area is 161 Å². The van der Waals surface area contributed by atoms with E-state index >= 15 is 0 Å². The van der Waals surface area contributed by atoms with Gasteiger partial charge in [-0.1, -0.05) is 17.7 Å². The van der Waals surface area contributed by atoms with Crippen molar-refractivity contribution in [2.45, 2.75) is 24.3 Å². The largest absolute Gasteiger partial charge is 0.481 e. The molecule has 148 valence electrons. The van der Waals surface area contributed by atoms with Gasteiger partial charge in [0.15, 0.2) is 0 Å². The molecule has 9 heteroatoms. The Morgan fingerprint density at radius 3 is 2.57 bits per heavy atom. The molecule has 0 bridgehead atoms. The molecule has 0 aliphatic heterocycles. The lowest BCUT2D eigenvalue weighted by Gasteiger charge is -2.13. The lowest BCUT2D eigenvalue weighted by Crippen LogP contribution is -2.22. The van der Waals surface area contributed by atoms with E-state index in [0.717, 1.165) is 11.8 Å². The molecule has 0 aliphatic carbocycles. The van der Waals surface area contributed by atoms with Crippen molar-refractivity contribution < 1.29 is 26.8 Å². The van der Waals surface area contributed by atoms with Crippen molar-refractivity contribution in [3.63, 3.8) is 0 Å². The van der Waals surface area contributed by atoms with Crippen molar-refractivity contribution in [3.8, 4) is 5.88 Å². The van der Waals surface area contributed by atoms with E-state index < -0.39 is 28.6 Å². The number of aromatic nitrogens is 2. The van der Waals surface area contributed by atoms with Crippen LogP contribution in [0.5, 0.6) is 5.88 Å². The maximum atomic E-state index is 14.3. The number of ether oxygens (including phenoxy) is 1. The SMILES string of the molecule is COc1ccc2ncc(F)c(CC(O)COS(=O)(=O)c3ccc(C)cc3)c2n1. The Morgan fingerprint density at radius 2 is 1.89 bits per heavy atom. The molecule has 28 heavy (non-hydrogen) atoms. The van der Waals surface area contributed by atoms with Gasteiger partial charge in [-0.15, -0.1) is 0 Å². The van der Waals surface area contributed by atoms with Crippen LogP contribution in [-0.4, -0.2) is 43.3 Å². The molecule has 1 atom stereocenters. The van der Waals surface area contributed by atoms with Gasteiger partial charge < -0.3 is 9.84 Å². The molecule has 0 radical (unpaired) electrons. The number of aliphatic hydroxyl groups excluding tert-OH is 1. The first-order chi connectivity index (χ1) is 13.3. The average molecular weight is 406 g/mol. The minimum Gasteiger partial charge on any atom is -0.481 e. The molecular formula is C19H19FN2O5S. The van der Waals surface area contributed by atoms with Crippen molar-refractivity contribution in [1.82, 2.24) is 9.97 Å². The zero-order chi connectivity index (χ0) is 20.3. The highest BCUT2D eigenvalue weighted by atomic mass is 32.2. The second-order valence-corrected chi connectivity index (χ2v) is 7.83. The molecule has 0 aliphatic rings. The topological polar surface area (TPSA) is 98.6 Å². The molecule has 7 nitrogen and oxygen atoms in total. The van der Waals surface area contributed by atoms with Crippen molar-refractivity contribution in [2.75, 3.05) is 13.7 Å². The van der Waals surface area contributed by atoms with Crippen LogP contribution in [0, 0.1) is 12.7 Å². The molecule has 3 rings (SSSR count). The number of hydrogen-bond acceptors (Lipinski definition) is 7. The van der Waals surface area contributed by atoms with E-state index in [4.69, 9.17) is 8.92 Å². The van der Waals surface area contributed by atoms with Gasteiger partial charge in [0, 0.05) is 18.1 Å². The minimum atomic E-state index is -4.03. The van der Waals surface area contributed by atoms with Crippen LogP contribution in [0.1, 0.15) is 11.1 Å². The number of nitrogens with zero attached hydrogens (tertiary/aromatic N) is 2. The fraction of sp³-hybridized carbons (Fsp3) is 0.263. The fourth-order valence-corrected chi connectivity index (χ4v) is 3.56. The fourth-order valence-electron chi connectivity index (χ4n) is 2.62. The Morgan fingerprint density at radius 1 is 1.18 bits per heavy atom. The first-order valence-corrected chi connectivity index (χ1v) is 9.83. The Balaban J connectivity index is 1.77. The molecule has 2 heterocycles. The number of aryl methyl sites for hydroxylation is 1. The molecule has 1 aromatic carbocycles. The number of halogens is 1. The highest BCUT2D eigenvalue weighted by molar-refractivity contribution is 7.86. The molecule has 3 aromatic rings. The van der Waals surface area contributed by atoms with Gasteiger partial charge in [-0.05, 0) is 25.1 Å². The van der Waals surface area contributed by atoms with E-state index in [1.54, 1.807) is 24.3 Å². The van der Waals surface area contributed by atoms with E-state index in [0.29, 0.717) is 5.52 Å². The Hall–Kier alpha value is -2.62. The second-order valence-electron chi connectivity index (χ2n) is 6.22. The molecule has 0 saturated carbocycles. The average Bonchev–Trinajstić information content (AvgIpc) is 2.68. The van der Waals surface area contributed by atoms with Crippen molar-refractivity contribution in [3.05, 3.63) is 59.5 Å². The minimum absolute atomic E-state index is 0.0164. The molecule has 0 saturated heterocycles. The van der Waals surface area contributed by atoms with E-state index in [-0.39, 0.29) is 28.3 Å². The molecule has 1 unspecified atom stereocenters. The van der Waals surface area contributed by atoms with Crippen LogP contribution < -0.4 is 4.74 Å². The normalized spacial score (nSPS) is 12.9. The number of benzene rings is 1. The van der Waals surface area contributed by atoms with Gasteiger partial charge in [0.05, 0.1) is 41.9 Å². The molecular weight excluding hydrogens is 387 g/mol. The highest BCUT2D eigenvalue weighted by Crippen LogP contribution is 2.22. The van der Waals surface area contributed by atoms with E-state index in [9.17, 15) is 17.9 Å². The molecule has 0 fully saturated rings. The first-order valence-electron chi connectivity index (χ1n) is 8.42. The third kappa shape index (κ3) is 4.44. The van der Waals surface area contributed by atoms with Crippen molar-refractivity contribution in [2.24, 2.45) is 0 Å². The van der Waals surface area contributed by atoms with Crippen LogP contribution >= 0.6 is 0 Å². The number of aliphatic hydroxyl groups is 1. The third-order valence-electron chi connectivity index (χ3n) is 4.11. The summed E-state index contributed by atoms with van der Waals surface area (Å²) in [7, 11) is -2.60. The summed E-state index contributed by atoms with van der Waals surface area (Å²) in [5, 5.41) is 10.2. The van der Waals surface area contributed by atoms with Gasteiger partial charge >= 0.3 is 0 Å². The van der Waals surface area contributed by atoms with E-state index in [2.05, 4.69) is 9.97 Å². The van der Waals surface area contributed by atoms with Crippen LogP contribution in [0.15, 0.2) is 47.5 Å². The molecule has 2 aromatic heterocycles. The summed E-state index contributed by atoms with van der Waals surface area (Å²) in [6, 6.07) is 9.33. The lowest BCUT2D eigenvalue weighted by atomic mass is 10.1. The number of pyridine rings is 2. The van der Waals surface area contributed by atoms with Crippen LogP contribution in [0.25, 0.3) is 11.0 Å². The number of methoxy groups -OCH3 is 1. The smallest absolute Gasteiger partial charge is 0.297 e. The van der Waals surface area contributed by atoms with E-state index in [1.165, 1.54) is 19.2 Å². The number of fused-ring (bicyclic) bond motifs is 1. The zero-order valence-electron chi connectivity index (χ0n) is 15.3. The highest BCUT2D eigenvalue weighted by Gasteiger charge is 2.20. The maximum Gasteiger partial charge on any atom is 0.297 e. The van der Waals surface area contributed by atoms with Crippen LogP contribution in [0.3, 0.4) is 0 Å². The summed E-state index contributed by atoms with van der Waals surface area (Å²) >= 11 is 0. The number of rotatable bonds is 7. The predicted molar refractivity (Wildman–Crippen MR) is 100 cm³/mol. The van der Waals surface area contributed by atoms with Gasteiger partial charge in [0.25, 0.3) is 10.1 Å². The summed E-state index contributed by atoms with van der Waals surface area (Å²) < 4.78 is 48.7. The lowest BCUT2D eigenvalue weighted by molar-refractivity contribution is 0.110. The molecule has 1 N–H and O–H groups in total. The van der Waals surface area contributed by atoms with Crippen LogP contribution in [0.2, 0.25) is 0 Å². The zero-order valence-corrected chi connectivity index (χ0v) is 16.1. The second kappa shape index (κ2) is 8.17. The van der Waals surface area contributed by atoms with Crippen LogP contribution in [-0.2, 0) is 20.7 Å². The van der Waals surface area contributed by atoms with Gasteiger partial charge in [0.1, 0.15) is 5.82 Å². The van der Waals surface area contributed by atoms with Crippen molar-refractivity contribution in [1.29, 1.82) is 0 Å². The van der Waals surface area contributed by atoms with Crippen molar-refractivity contribution >= 4 is 21.2 Å². The summed E-state index contributed by atoms with van der Waals surface area (Å²) in [4.78, 5) is 8.12. The Bertz CT molecular complexity index is 1090. The van der Waals surface area contributed by atoms with Gasteiger partial charge in [-0.25, -0.2) is 9.37 Å². The Kier molecular flexibility index (Phi) is 5.87. The summed E-state index contributed by atoms with van der Waals surface area (Å²) in [5.74, 6) is -0.387. The summed E-state index contributed by atoms with van der Waals surface area (Å²) in [5.41, 5.74) is 1.67. The summed E-state index contributed by atoms with van der Waals surface area (Å²) in [6.45, 7) is 1.31. The van der Waals surface area contributed by atoms with E-state index in [1.807, 2.05) is 6.92 Å². The molecule has 0 spiro atoms. The monoisotopic (exact) mass is 406 g/mol. The van der Waals surface area contributed by atoms with Gasteiger partial charge in [0.2, 0.25) is 5.88 Å². The van der Waals surface area contributed by atoms with Gasteiger partial charge in [-0.3, -0.25) is 9.17 Å². The van der Waals surface area contributed by atoms with Crippen LogP contribution in [0.4, 0.5) is 4.39 Å². The maximum absolute atomic E-state index is 14.3. The van der Waals surface area contributed by atoms with Gasteiger partial charge in [-0.2, -0.15) is 8.42 Å². The standard InChI is InChI=1S/C19H19FN2O5S/c1-12-3-5-14(6-4-12)28(24,25)27-11-13(23)9-15-16(20)10-21-17-7-8-18(26-2)22-19(15)17/h3-8,10,13,23H,9,11H2,1-2H3. The molecule has 0 amide bonds.